The van der Waals surface area contributed by atoms with Gasteiger partial charge in [0.25, 0.3) is 11.6 Å². The van der Waals surface area contributed by atoms with E-state index < -0.39 is 5.91 Å². The number of aryl methyl sites for hydroxylation is 1. The summed E-state index contributed by atoms with van der Waals surface area (Å²) < 4.78 is 4.89. The summed E-state index contributed by atoms with van der Waals surface area (Å²) >= 11 is 0. The number of rotatable bonds is 1. The molecule has 0 aliphatic carbocycles. The minimum absolute atomic E-state index is 0.301. The summed E-state index contributed by atoms with van der Waals surface area (Å²) in [5.41, 5.74) is 1.33. The van der Waals surface area contributed by atoms with Gasteiger partial charge in [-0.05, 0) is 13.0 Å². The first kappa shape index (κ1) is 9.15. The van der Waals surface area contributed by atoms with Crippen molar-refractivity contribution < 1.29 is 9.32 Å². The van der Waals surface area contributed by atoms with Gasteiger partial charge in [-0.15, -0.1) is 0 Å². The predicted octanol–water partition coefficient (Wildman–Crippen LogP) is 0.742. The molecule has 0 unspecified atom stereocenters. The lowest BCUT2D eigenvalue weighted by atomic mass is 10.2. The van der Waals surface area contributed by atoms with E-state index >= 15 is 0 Å². The van der Waals surface area contributed by atoms with Gasteiger partial charge in [0, 0.05) is 6.20 Å². The van der Waals surface area contributed by atoms with Crippen LogP contribution in [-0.4, -0.2) is 16.0 Å². The van der Waals surface area contributed by atoms with E-state index in [0.717, 1.165) is 0 Å². The van der Waals surface area contributed by atoms with Crippen molar-refractivity contribution in [2.45, 2.75) is 6.92 Å². The second kappa shape index (κ2) is 3.38. The molecule has 0 radical (unpaired) electrons. The third-order valence-corrected chi connectivity index (χ3v) is 1.94. The van der Waals surface area contributed by atoms with E-state index in [1.165, 1.54) is 6.20 Å². The lowest BCUT2D eigenvalue weighted by molar-refractivity contribution is 0.0972. The normalized spacial score (nSPS) is 9.87. The van der Waals surface area contributed by atoms with E-state index in [2.05, 4.69) is 10.1 Å². The Bertz CT molecular complexity index is 567. The molecule has 1 N–H and O–H groups in total. The van der Waals surface area contributed by atoms with E-state index in [4.69, 9.17) is 9.78 Å². The van der Waals surface area contributed by atoms with Gasteiger partial charge in [-0.3, -0.25) is 10.1 Å². The Morgan fingerprint density at radius 3 is 3.20 bits per heavy atom. The molecular weight excluding hydrogens is 196 g/mol. The molecule has 74 valence electrons. The zero-order valence-corrected chi connectivity index (χ0v) is 7.81. The van der Waals surface area contributed by atoms with Crippen LogP contribution >= 0.6 is 0 Å². The Kier molecular flexibility index (Phi) is 2.06. The zero-order valence-electron chi connectivity index (χ0n) is 7.81. The van der Waals surface area contributed by atoms with Crippen LogP contribution in [0.5, 0.6) is 0 Å². The van der Waals surface area contributed by atoms with Crippen LogP contribution in [0.4, 0.5) is 0 Å². The minimum atomic E-state index is -0.493. The fraction of sp³-hybridized carbons (Fsp3) is 0.111. The smallest absolute Gasteiger partial charge is 0.265 e. The first-order chi connectivity index (χ1) is 7.22. The Morgan fingerprint density at radius 1 is 1.67 bits per heavy atom. The number of hydrogen-bond acceptors (Lipinski definition) is 5. The number of nitrogens with zero attached hydrogens (tertiary/aromatic N) is 3. The van der Waals surface area contributed by atoms with Crippen molar-refractivity contribution in [2.24, 2.45) is 0 Å². The first-order valence-electron chi connectivity index (χ1n) is 4.14. The number of nitriles is 1. The van der Waals surface area contributed by atoms with Crippen molar-refractivity contribution in [1.29, 1.82) is 5.26 Å². The molecule has 0 atom stereocenters. The summed E-state index contributed by atoms with van der Waals surface area (Å²) in [5, 5.41) is 14.7. The predicted molar refractivity (Wildman–Crippen MR) is 49.6 cm³/mol. The summed E-state index contributed by atoms with van der Waals surface area (Å²) in [6.45, 7) is 1.75. The molecule has 1 amide bonds. The fourth-order valence-corrected chi connectivity index (χ4v) is 1.19. The van der Waals surface area contributed by atoms with Crippen molar-refractivity contribution in [3.05, 3.63) is 23.5 Å². The van der Waals surface area contributed by atoms with Crippen molar-refractivity contribution in [2.75, 3.05) is 0 Å². The number of carbonyl (C=O) groups is 1. The number of nitrogens with one attached hydrogen (secondary N) is 1. The summed E-state index contributed by atoms with van der Waals surface area (Å²) in [5.74, 6) is -0.493. The van der Waals surface area contributed by atoms with Crippen LogP contribution in [0.2, 0.25) is 0 Å². The molecular formula is C9H6N4O2. The first-order valence-corrected chi connectivity index (χ1v) is 4.14. The lowest BCUT2D eigenvalue weighted by Crippen LogP contribution is -2.17. The van der Waals surface area contributed by atoms with Crippen molar-refractivity contribution in [1.82, 2.24) is 15.5 Å². The highest BCUT2D eigenvalue weighted by atomic mass is 16.5. The summed E-state index contributed by atoms with van der Waals surface area (Å²) in [4.78, 5) is 15.2. The standard InChI is InChI=1S/C9H6N4O2/c1-5-7-2-6(8(14)12-4-10)3-11-9(7)15-13-5/h2-3H,1H3,(H,12,14). The highest BCUT2D eigenvalue weighted by Gasteiger charge is 2.10. The van der Waals surface area contributed by atoms with Crippen LogP contribution < -0.4 is 5.32 Å². The highest BCUT2D eigenvalue weighted by Crippen LogP contribution is 2.16. The van der Waals surface area contributed by atoms with Crippen LogP contribution in [0.1, 0.15) is 16.1 Å². The number of hydrogen-bond donors (Lipinski definition) is 1. The number of pyridine rings is 1. The summed E-state index contributed by atoms with van der Waals surface area (Å²) in [6, 6.07) is 1.58. The van der Waals surface area contributed by atoms with E-state index in [0.29, 0.717) is 22.4 Å². The van der Waals surface area contributed by atoms with Crippen LogP contribution in [0.3, 0.4) is 0 Å². The Hall–Kier alpha value is -2.42. The van der Waals surface area contributed by atoms with Gasteiger partial charge in [-0.2, -0.15) is 5.26 Å². The SMILES string of the molecule is Cc1noc2ncc(C(=O)NC#N)cc12. The van der Waals surface area contributed by atoms with Gasteiger partial charge < -0.3 is 4.52 Å². The molecule has 0 fully saturated rings. The van der Waals surface area contributed by atoms with Gasteiger partial charge in [0.1, 0.15) is 0 Å². The Balaban J connectivity index is 2.51. The van der Waals surface area contributed by atoms with Crippen LogP contribution in [0.25, 0.3) is 11.1 Å². The summed E-state index contributed by atoms with van der Waals surface area (Å²) in [7, 11) is 0. The maximum atomic E-state index is 11.3. The molecule has 0 spiro atoms. The monoisotopic (exact) mass is 202 g/mol. The molecule has 0 aliphatic heterocycles. The maximum Gasteiger partial charge on any atom is 0.265 e. The molecule has 2 aromatic heterocycles. The van der Waals surface area contributed by atoms with Gasteiger partial charge in [0.15, 0.2) is 6.19 Å². The van der Waals surface area contributed by atoms with Gasteiger partial charge in [0.05, 0.1) is 16.6 Å². The zero-order chi connectivity index (χ0) is 10.8. The molecule has 0 bridgehead atoms. The van der Waals surface area contributed by atoms with Gasteiger partial charge >= 0.3 is 0 Å². The Labute approximate surface area is 84.5 Å². The topological polar surface area (TPSA) is 91.8 Å². The van der Waals surface area contributed by atoms with Crippen LogP contribution in [0.15, 0.2) is 16.8 Å². The second-order valence-electron chi connectivity index (χ2n) is 2.91. The molecule has 0 saturated heterocycles. The minimum Gasteiger partial charge on any atom is -0.336 e. The average molecular weight is 202 g/mol. The van der Waals surface area contributed by atoms with Gasteiger partial charge in [-0.25, -0.2) is 4.98 Å². The third-order valence-electron chi connectivity index (χ3n) is 1.94. The van der Waals surface area contributed by atoms with Crippen molar-refractivity contribution >= 4 is 17.0 Å². The second-order valence-corrected chi connectivity index (χ2v) is 2.91. The van der Waals surface area contributed by atoms with Crippen molar-refractivity contribution in [3.63, 3.8) is 0 Å². The molecule has 0 aromatic carbocycles. The molecule has 2 heterocycles. The Morgan fingerprint density at radius 2 is 2.47 bits per heavy atom. The molecule has 15 heavy (non-hydrogen) atoms. The van der Waals surface area contributed by atoms with Crippen LogP contribution in [-0.2, 0) is 0 Å². The lowest BCUT2D eigenvalue weighted by Gasteiger charge is -1.95. The highest BCUT2D eigenvalue weighted by molar-refractivity contribution is 5.97. The number of aromatic nitrogens is 2. The maximum absolute atomic E-state index is 11.3. The number of carbonyl (C=O) groups excluding carboxylic acids is 1. The molecule has 2 rings (SSSR count). The number of fused-ring (bicyclic) bond motifs is 1. The molecule has 0 aliphatic rings. The summed E-state index contributed by atoms with van der Waals surface area (Å²) in [6.07, 6.45) is 2.89. The fourth-order valence-electron chi connectivity index (χ4n) is 1.19. The molecule has 6 heteroatoms. The average Bonchev–Trinajstić information content (AvgIpc) is 2.60. The third kappa shape index (κ3) is 1.50. The molecule has 0 saturated carbocycles. The largest absolute Gasteiger partial charge is 0.336 e. The van der Waals surface area contributed by atoms with Gasteiger partial charge in [-0.1, -0.05) is 5.16 Å². The molecule has 2 aromatic rings. The van der Waals surface area contributed by atoms with E-state index in [-0.39, 0.29) is 0 Å². The van der Waals surface area contributed by atoms with E-state index in [1.54, 1.807) is 19.2 Å². The van der Waals surface area contributed by atoms with Crippen molar-refractivity contribution in [3.8, 4) is 6.19 Å². The number of amides is 1. The van der Waals surface area contributed by atoms with Gasteiger partial charge in [0.2, 0.25) is 0 Å². The van der Waals surface area contributed by atoms with Crippen LogP contribution in [0, 0.1) is 18.4 Å². The van der Waals surface area contributed by atoms with E-state index in [1.807, 2.05) is 5.32 Å². The quantitative estimate of drug-likeness (QED) is 0.544. The van der Waals surface area contributed by atoms with E-state index in [9.17, 15) is 4.79 Å². The molecule has 6 nitrogen and oxygen atoms in total.